The van der Waals surface area contributed by atoms with Crippen LogP contribution in [0.25, 0.3) is 5.57 Å². The number of hydrogen-bond acceptors (Lipinski definition) is 5. The summed E-state index contributed by atoms with van der Waals surface area (Å²) < 4.78 is 15.0. The zero-order chi connectivity index (χ0) is 28.7. The van der Waals surface area contributed by atoms with Gasteiger partial charge in [0.1, 0.15) is 6.10 Å². The van der Waals surface area contributed by atoms with Gasteiger partial charge in [-0.3, -0.25) is 9.78 Å². The van der Waals surface area contributed by atoms with Crippen molar-refractivity contribution in [1.29, 1.82) is 0 Å². The molecular formula is C31H45N2O6P. The number of piperidine rings is 1. The van der Waals surface area contributed by atoms with Crippen molar-refractivity contribution in [2.75, 3.05) is 20.1 Å². The first-order valence-corrected chi connectivity index (χ1v) is 16.4. The van der Waals surface area contributed by atoms with E-state index in [9.17, 15) is 4.79 Å². The minimum absolute atomic E-state index is 0.0642. The highest BCUT2D eigenvalue weighted by Gasteiger charge is 2.57. The Balaban J connectivity index is 0.000000595. The van der Waals surface area contributed by atoms with E-state index in [1.165, 1.54) is 31.2 Å². The number of rotatable bonds is 3. The number of ether oxygens (including phenoxy) is 1. The number of carbonyl (C=O) groups is 1. The molecule has 6 rings (SSSR count). The van der Waals surface area contributed by atoms with Gasteiger partial charge in [0.05, 0.1) is 5.92 Å². The molecule has 0 aromatic carbocycles. The average molecular weight is 573 g/mol. The van der Waals surface area contributed by atoms with E-state index in [4.69, 9.17) is 24.0 Å². The lowest BCUT2D eigenvalue weighted by Crippen LogP contribution is -2.50. The molecule has 0 radical (unpaired) electrons. The van der Waals surface area contributed by atoms with E-state index in [-0.39, 0.29) is 28.8 Å². The fraction of sp³-hybridized carbons (Fsp3) is 0.677. The molecule has 5 aliphatic rings. The fourth-order valence-electron chi connectivity index (χ4n) is 8.77. The Morgan fingerprint density at radius 3 is 2.40 bits per heavy atom. The summed E-state index contributed by atoms with van der Waals surface area (Å²) >= 11 is 0. The largest absolute Gasteiger partial charge is 0.466 e. The number of likely N-dealkylation sites (tertiary alicyclic amines) is 1. The maximum absolute atomic E-state index is 12.9. The van der Waals surface area contributed by atoms with Gasteiger partial charge in [0.25, 0.3) is 0 Å². The van der Waals surface area contributed by atoms with Crippen LogP contribution in [0.15, 0.2) is 42.3 Å². The minimum atomic E-state index is -4.64. The first-order chi connectivity index (χ1) is 18.9. The number of phosphoric acid groups is 1. The standard InChI is InChI=1S/C31H42N2O2.H3O4P/c1-30-14-10-24(35-29(34)21-12-17-33(3)18-13-21)19-23(30)6-7-25-27-9-8-26(22-5-4-16-32-20-22)31(27,2)15-11-28(25)30;1-5(2,3)4/h4-6,8,16,20-21,24-25,27-28H,7,9-15,17-19H2,1-3H3;(H3,1,2,3,4)/t24-,25-,27-,28-,30-,31+;/m0./s1. The number of carbonyl (C=O) groups excluding carboxylic acids is 1. The van der Waals surface area contributed by atoms with Crippen molar-refractivity contribution in [2.24, 2.45) is 34.5 Å². The predicted octanol–water partition coefficient (Wildman–Crippen LogP) is 5.36. The van der Waals surface area contributed by atoms with Crippen LogP contribution in [0.1, 0.15) is 77.2 Å². The molecule has 0 spiro atoms. The van der Waals surface area contributed by atoms with Crippen LogP contribution in [0.2, 0.25) is 0 Å². The molecule has 1 aliphatic heterocycles. The van der Waals surface area contributed by atoms with Gasteiger partial charge in [-0.05, 0) is 117 Å². The maximum Gasteiger partial charge on any atom is 0.466 e. The summed E-state index contributed by atoms with van der Waals surface area (Å²) in [4.78, 5) is 41.2. The van der Waals surface area contributed by atoms with Gasteiger partial charge in [-0.1, -0.05) is 37.6 Å². The number of nitrogens with zero attached hydrogens (tertiary/aromatic N) is 2. The van der Waals surface area contributed by atoms with E-state index in [0.717, 1.165) is 62.9 Å². The second-order valence-corrected chi connectivity index (χ2v) is 14.2. The summed E-state index contributed by atoms with van der Waals surface area (Å²) in [5.74, 6) is 2.41. The Morgan fingerprint density at radius 2 is 1.73 bits per heavy atom. The number of pyridine rings is 1. The lowest BCUT2D eigenvalue weighted by atomic mass is 9.47. The molecule has 3 fully saturated rings. The molecule has 2 heterocycles. The van der Waals surface area contributed by atoms with Crippen LogP contribution in [0.4, 0.5) is 0 Å². The van der Waals surface area contributed by atoms with Crippen molar-refractivity contribution in [2.45, 2.75) is 77.7 Å². The Labute approximate surface area is 238 Å². The molecule has 40 heavy (non-hydrogen) atoms. The highest BCUT2D eigenvalue weighted by molar-refractivity contribution is 7.45. The third kappa shape index (κ3) is 6.03. The number of aromatic nitrogens is 1. The van der Waals surface area contributed by atoms with Gasteiger partial charge in [-0.2, -0.15) is 0 Å². The van der Waals surface area contributed by atoms with Crippen LogP contribution >= 0.6 is 7.82 Å². The van der Waals surface area contributed by atoms with Crippen molar-refractivity contribution < 1.29 is 28.8 Å². The number of esters is 1. The molecule has 8 nitrogen and oxygen atoms in total. The molecule has 0 unspecified atom stereocenters. The van der Waals surface area contributed by atoms with E-state index in [1.807, 2.05) is 6.20 Å². The SMILES string of the molecule is CN1CCC(C(=O)O[C@H]2CC[C@@]3(C)C(=CC[C@@H]4[C@@H]3CC[C@]3(C)C(c5cccnc5)=CC[C@@H]43)C2)CC1.O=P(O)(O)O. The molecule has 1 saturated heterocycles. The molecule has 1 aromatic rings. The maximum atomic E-state index is 12.9. The summed E-state index contributed by atoms with van der Waals surface area (Å²) in [6.45, 7) is 7.08. The van der Waals surface area contributed by atoms with Crippen LogP contribution in [0.5, 0.6) is 0 Å². The molecular weight excluding hydrogens is 527 g/mol. The number of allylic oxidation sites excluding steroid dienone is 3. The molecule has 0 amide bonds. The molecule has 0 bridgehead atoms. The van der Waals surface area contributed by atoms with Crippen molar-refractivity contribution in [3.63, 3.8) is 0 Å². The predicted molar refractivity (Wildman–Crippen MR) is 154 cm³/mol. The zero-order valence-corrected chi connectivity index (χ0v) is 24.9. The van der Waals surface area contributed by atoms with Crippen LogP contribution in [0, 0.1) is 34.5 Å². The summed E-state index contributed by atoms with van der Waals surface area (Å²) in [7, 11) is -2.50. The fourth-order valence-corrected chi connectivity index (χ4v) is 8.77. The van der Waals surface area contributed by atoms with E-state index in [0.29, 0.717) is 0 Å². The van der Waals surface area contributed by atoms with Crippen molar-refractivity contribution in [3.8, 4) is 0 Å². The monoisotopic (exact) mass is 572 g/mol. The van der Waals surface area contributed by atoms with Gasteiger partial charge in [-0.15, -0.1) is 0 Å². The highest BCUT2D eigenvalue weighted by atomic mass is 31.2. The lowest BCUT2D eigenvalue weighted by Gasteiger charge is -2.58. The van der Waals surface area contributed by atoms with Gasteiger partial charge < -0.3 is 24.3 Å². The van der Waals surface area contributed by atoms with Crippen LogP contribution in [-0.2, 0) is 14.1 Å². The molecule has 220 valence electrons. The lowest BCUT2D eigenvalue weighted by molar-refractivity contribution is -0.157. The van der Waals surface area contributed by atoms with Crippen molar-refractivity contribution >= 4 is 19.4 Å². The second kappa shape index (κ2) is 11.4. The van der Waals surface area contributed by atoms with E-state index in [2.05, 4.69) is 61.3 Å². The molecule has 4 aliphatic carbocycles. The van der Waals surface area contributed by atoms with E-state index < -0.39 is 7.82 Å². The first kappa shape index (κ1) is 29.7. The van der Waals surface area contributed by atoms with E-state index in [1.54, 1.807) is 11.1 Å². The molecule has 1 aromatic heterocycles. The van der Waals surface area contributed by atoms with Crippen LogP contribution < -0.4 is 0 Å². The van der Waals surface area contributed by atoms with Crippen LogP contribution in [0.3, 0.4) is 0 Å². The first-order valence-electron chi connectivity index (χ1n) is 14.9. The molecule has 2 saturated carbocycles. The Bertz CT molecular complexity index is 1180. The van der Waals surface area contributed by atoms with Gasteiger partial charge >= 0.3 is 13.8 Å². The van der Waals surface area contributed by atoms with Gasteiger partial charge in [0.15, 0.2) is 0 Å². The van der Waals surface area contributed by atoms with Gasteiger partial charge in [0.2, 0.25) is 0 Å². The second-order valence-electron chi connectivity index (χ2n) is 13.2. The van der Waals surface area contributed by atoms with Gasteiger partial charge in [0, 0.05) is 18.8 Å². The quantitative estimate of drug-likeness (QED) is 0.252. The van der Waals surface area contributed by atoms with E-state index >= 15 is 0 Å². The average Bonchev–Trinajstić information content (AvgIpc) is 3.26. The summed E-state index contributed by atoms with van der Waals surface area (Å²) in [6.07, 6.45) is 19.1. The van der Waals surface area contributed by atoms with Crippen molar-refractivity contribution in [3.05, 3.63) is 47.8 Å². The van der Waals surface area contributed by atoms with Crippen LogP contribution in [-0.4, -0.2) is 56.8 Å². The molecule has 6 atom stereocenters. The molecule has 3 N–H and O–H groups in total. The Kier molecular flexibility index (Phi) is 8.49. The van der Waals surface area contributed by atoms with Crippen molar-refractivity contribution in [1.82, 2.24) is 9.88 Å². The normalized spacial score (nSPS) is 36.1. The molecule has 9 heteroatoms. The van der Waals surface area contributed by atoms with Gasteiger partial charge in [-0.25, -0.2) is 4.57 Å². The summed E-state index contributed by atoms with van der Waals surface area (Å²) in [5.41, 5.74) is 5.00. The topological polar surface area (TPSA) is 120 Å². The minimum Gasteiger partial charge on any atom is -0.462 e. The number of hydrogen-bond donors (Lipinski definition) is 3. The Morgan fingerprint density at radius 1 is 1.02 bits per heavy atom. The third-order valence-corrected chi connectivity index (χ3v) is 10.9. The highest BCUT2D eigenvalue weighted by Crippen LogP contribution is 2.66. The number of fused-ring (bicyclic) bond motifs is 5. The Hall–Kier alpha value is -1.83. The summed E-state index contributed by atoms with van der Waals surface area (Å²) in [5, 5.41) is 0. The third-order valence-electron chi connectivity index (χ3n) is 10.9. The summed E-state index contributed by atoms with van der Waals surface area (Å²) in [6, 6.07) is 4.32. The zero-order valence-electron chi connectivity index (χ0n) is 24.0. The smallest absolute Gasteiger partial charge is 0.462 e.